The van der Waals surface area contributed by atoms with Gasteiger partial charge in [0.1, 0.15) is 0 Å². The Bertz CT molecular complexity index is 410. The van der Waals surface area contributed by atoms with Gasteiger partial charge in [-0.25, -0.2) is 0 Å². The van der Waals surface area contributed by atoms with Crippen LogP contribution in [0.1, 0.15) is 24.8 Å². The van der Waals surface area contributed by atoms with Crippen molar-refractivity contribution < 1.29 is 14.2 Å². The van der Waals surface area contributed by atoms with Crippen LogP contribution < -0.4 is 14.8 Å². The molecule has 0 aromatic heterocycles. The van der Waals surface area contributed by atoms with E-state index >= 15 is 0 Å². The quantitative estimate of drug-likeness (QED) is 0.821. The van der Waals surface area contributed by atoms with E-state index in [1.165, 1.54) is 12.0 Å². The Balaban J connectivity index is 1.89. The summed E-state index contributed by atoms with van der Waals surface area (Å²) in [6, 6.07) is 5.99. The van der Waals surface area contributed by atoms with E-state index in [9.17, 15) is 0 Å². The van der Waals surface area contributed by atoms with Crippen molar-refractivity contribution in [3.8, 4) is 11.5 Å². The van der Waals surface area contributed by atoms with Gasteiger partial charge in [0.2, 0.25) is 0 Å². The van der Waals surface area contributed by atoms with Gasteiger partial charge in [-0.2, -0.15) is 0 Å². The fraction of sp³-hybridized carbons (Fsp3) is 0.600. The van der Waals surface area contributed by atoms with Gasteiger partial charge >= 0.3 is 0 Å². The smallest absolute Gasteiger partial charge is 0.161 e. The SMILES string of the molecule is COc1ccc(CNCC2(OC)CCC2)cc1OC. The van der Waals surface area contributed by atoms with Crippen LogP contribution in [0.25, 0.3) is 0 Å². The molecule has 2 rings (SSSR count). The van der Waals surface area contributed by atoms with Crippen LogP contribution in [0.2, 0.25) is 0 Å². The summed E-state index contributed by atoms with van der Waals surface area (Å²) in [6.07, 6.45) is 3.58. The van der Waals surface area contributed by atoms with Gasteiger partial charge in [0.05, 0.1) is 19.8 Å². The Hall–Kier alpha value is -1.26. The fourth-order valence-corrected chi connectivity index (χ4v) is 2.45. The molecule has 1 aromatic rings. The molecule has 1 saturated carbocycles. The lowest BCUT2D eigenvalue weighted by atomic mass is 9.80. The monoisotopic (exact) mass is 265 g/mol. The molecule has 0 heterocycles. The lowest BCUT2D eigenvalue weighted by Crippen LogP contribution is -2.47. The molecule has 1 aliphatic carbocycles. The van der Waals surface area contributed by atoms with Gasteiger partial charge in [-0.15, -0.1) is 0 Å². The van der Waals surface area contributed by atoms with Crippen LogP contribution in [0.3, 0.4) is 0 Å². The molecule has 1 aromatic carbocycles. The van der Waals surface area contributed by atoms with E-state index in [1.54, 1.807) is 21.3 Å². The molecule has 0 saturated heterocycles. The van der Waals surface area contributed by atoms with Crippen LogP contribution >= 0.6 is 0 Å². The van der Waals surface area contributed by atoms with E-state index in [0.29, 0.717) is 0 Å². The Morgan fingerprint density at radius 3 is 2.37 bits per heavy atom. The summed E-state index contributed by atoms with van der Waals surface area (Å²) in [5, 5.41) is 3.46. The third kappa shape index (κ3) is 3.19. The molecule has 106 valence electrons. The van der Waals surface area contributed by atoms with E-state index in [0.717, 1.165) is 37.4 Å². The predicted molar refractivity (Wildman–Crippen MR) is 74.8 cm³/mol. The molecule has 0 aliphatic heterocycles. The minimum Gasteiger partial charge on any atom is -0.493 e. The minimum atomic E-state index is 0.0660. The maximum absolute atomic E-state index is 5.59. The Kier molecular flexibility index (Phi) is 4.66. The summed E-state index contributed by atoms with van der Waals surface area (Å²) in [4.78, 5) is 0. The second-order valence-electron chi connectivity index (χ2n) is 5.03. The number of methoxy groups -OCH3 is 3. The number of hydrogen-bond donors (Lipinski definition) is 1. The zero-order valence-electron chi connectivity index (χ0n) is 12.0. The summed E-state index contributed by atoms with van der Waals surface area (Å²) in [7, 11) is 5.11. The lowest BCUT2D eigenvalue weighted by molar-refractivity contribution is -0.0695. The van der Waals surface area contributed by atoms with E-state index in [4.69, 9.17) is 14.2 Å². The topological polar surface area (TPSA) is 39.7 Å². The van der Waals surface area contributed by atoms with E-state index in [1.807, 2.05) is 12.1 Å². The van der Waals surface area contributed by atoms with E-state index < -0.39 is 0 Å². The van der Waals surface area contributed by atoms with Gasteiger partial charge in [0.15, 0.2) is 11.5 Å². The highest BCUT2D eigenvalue weighted by Crippen LogP contribution is 2.34. The highest BCUT2D eigenvalue weighted by molar-refractivity contribution is 5.42. The molecular weight excluding hydrogens is 242 g/mol. The molecule has 4 nitrogen and oxygen atoms in total. The predicted octanol–water partition coefficient (Wildman–Crippen LogP) is 2.36. The average Bonchev–Trinajstić information content (AvgIpc) is 2.41. The summed E-state index contributed by atoms with van der Waals surface area (Å²) in [5.74, 6) is 1.53. The van der Waals surface area contributed by atoms with Crippen molar-refractivity contribution in [2.24, 2.45) is 0 Å². The molecule has 0 spiro atoms. The molecule has 0 atom stereocenters. The maximum atomic E-state index is 5.59. The van der Waals surface area contributed by atoms with Gasteiger partial charge in [-0.05, 0) is 37.0 Å². The minimum absolute atomic E-state index is 0.0660. The van der Waals surface area contributed by atoms with Crippen molar-refractivity contribution >= 4 is 0 Å². The molecule has 1 N–H and O–H groups in total. The Labute approximate surface area is 115 Å². The van der Waals surface area contributed by atoms with E-state index in [-0.39, 0.29) is 5.60 Å². The normalized spacial score (nSPS) is 16.8. The first kappa shape index (κ1) is 14.2. The van der Waals surface area contributed by atoms with Crippen LogP contribution in [0.4, 0.5) is 0 Å². The first-order chi connectivity index (χ1) is 9.23. The number of rotatable bonds is 7. The van der Waals surface area contributed by atoms with Gasteiger partial charge in [-0.3, -0.25) is 0 Å². The molecule has 19 heavy (non-hydrogen) atoms. The largest absolute Gasteiger partial charge is 0.493 e. The molecular formula is C15H23NO3. The van der Waals surface area contributed by atoms with Gasteiger partial charge in [-0.1, -0.05) is 6.07 Å². The second kappa shape index (κ2) is 6.26. The molecule has 4 heteroatoms. The molecule has 1 fully saturated rings. The molecule has 0 radical (unpaired) electrons. The third-order valence-corrected chi connectivity index (χ3v) is 3.92. The van der Waals surface area contributed by atoms with Crippen molar-refractivity contribution in [3.05, 3.63) is 23.8 Å². The van der Waals surface area contributed by atoms with Crippen LogP contribution in [0.5, 0.6) is 11.5 Å². The number of ether oxygens (including phenoxy) is 3. The van der Waals surface area contributed by atoms with Crippen molar-refractivity contribution in [1.82, 2.24) is 5.32 Å². The van der Waals surface area contributed by atoms with Crippen molar-refractivity contribution in [3.63, 3.8) is 0 Å². The van der Waals surface area contributed by atoms with E-state index in [2.05, 4.69) is 11.4 Å². The second-order valence-corrected chi connectivity index (χ2v) is 5.03. The highest BCUT2D eigenvalue weighted by atomic mass is 16.5. The van der Waals surface area contributed by atoms with Crippen molar-refractivity contribution in [1.29, 1.82) is 0 Å². The van der Waals surface area contributed by atoms with Crippen LogP contribution in [0, 0.1) is 0 Å². The molecule has 0 amide bonds. The van der Waals surface area contributed by atoms with Gasteiger partial charge in [0.25, 0.3) is 0 Å². The third-order valence-electron chi connectivity index (χ3n) is 3.92. The fourth-order valence-electron chi connectivity index (χ4n) is 2.45. The zero-order chi connectivity index (χ0) is 13.7. The number of nitrogens with one attached hydrogen (secondary N) is 1. The van der Waals surface area contributed by atoms with Crippen LogP contribution in [-0.4, -0.2) is 33.5 Å². The maximum Gasteiger partial charge on any atom is 0.161 e. The molecule has 0 bridgehead atoms. The van der Waals surface area contributed by atoms with Gasteiger partial charge in [0, 0.05) is 20.2 Å². The van der Waals surface area contributed by atoms with Crippen molar-refractivity contribution in [2.75, 3.05) is 27.9 Å². The van der Waals surface area contributed by atoms with Crippen LogP contribution in [-0.2, 0) is 11.3 Å². The van der Waals surface area contributed by atoms with Gasteiger partial charge < -0.3 is 19.5 Å². The summed E-state index contributed by atoms with van der Waals surface area (Å²) < 4.78 is 16.1. The first-order valence-electron chi connectivity index (χ1n) is 6.70. The highest BCUT2D eigenvalue weighted by Gasteiger charge is 2.36. The Morgan fingerprint density at radius 2 is 1.84 bits per heavy atom. The van der Waals surface area contributed by atoms with Crippen LogP contribution in [0.15, 0.2) is 18.2 Å². The molecule has 0 unspecified atom stereocenters. The summed E-state index contributed by atoms with van der Waals surface area (Å²) >= 11 is 0. The summed E-state index contributed by atoms with van der Waals surface area (Å²) in [6.45, 7) is 1.71. The number of hydrogen-bond acceptors (Lipinski definition) is 4. The first-order valence-corrected chi connectivity index (χ1v) is 6.70. The summed E-state index contributed by atoms with van der Waals surface area (Å²) in [5.41, 5.74) is 1.25. The lowest BCUT2D eigenvalue weighted by Gasteiger charge is -2.40. The average molecular weight is 265 g/mol. The molecule has 1 aliphatic rings. The Morgan fingerprint density at radius 1 is 1.11 bits per heavy atom. The number of benzene rings is 1. The van der Waals surface area contributed by atoms with Crippen molar-refractivity contribution in [2.45, 2.75) is 31.4 Å². The zero-order valence-corrected chi connectivity index (χ0v) is 12.0. The standard InChI is InChI=1S/C15H23NO3/c1-17-13-6-5-12(9-14(13)18-2)10-16-11-15(19-3)7-4-8-15/h5-6,9,16H,4,7-8,10-11H2,1-3H3.